The molecule has 3 fully saturated rings. The number of aryl methyl sites for hydroxylation is 1. The number of anilines is 1. The van der Waals surface area contributed by atoms with E-state index in [2.05, 4.69) is 33.2 Å². The van der Waals surface area contributed by atoms with Crippen LogP contribution in [0, 0.1) is 6.92 Å². The van der Waals surface area contributed by atoms with E-state index in [-0.39, 0.29) is 0 Å². The number of rotatable bonds is 5. The van der Waals surface area contributed by atoms with Crippen LogP contribution in [-0.2, 0) is 11.3 Å². The molecule has 2 aromatic rings. The molecule has 6 nitrogen and oxygen atoms in total. The van der Waals surface area contributed by atoms with Crippen LogP contribution < -0.4 is 4.90 Å². The topological polar surface area (TPSA) is 54.4 Å². The van der Waals surface area contributed by atoms with Crippen molar-refractivity contribution < 1.29 is 4.74 Å². The van der Waals surface area contributed by atoms with Gasteiger partial charge in [-0.25, -0.2) is 15.0 Å². The maximum absolute atomic E-state index is 5.56. The van der Waals surface area contributed by atoms with Crippen LogP contribution in [-0.4, -0.2) is 59.2 Å². The summed E-state index contributed by atoms with van der Waals surface area (Å²) in [4.78, 5) is 19.5. The Morgan fingerprint density at radius 2 is 1.79 bits per heavy atom. The lowest BCUT2D eigenvalue weighted by molar-refractivity contribution is 0.0844. The van der Waals surface area contributed by atoms with E-state index in [1.807, 2.05) is 0 Å². The summed E-state index contributed by atoms with van der Waals surface area (Å²) in [5.74, 6) is 3.34. The number of ether oxygens (including phenoxy) is 1. The third-order valence-corrected chi connectivity index (χ3v) is 6.90. The molecule has 28 heavy (non-hydrogen) atoms. The van der Waals surface area contributed by atoms with Crippen LogP contribution in [0.2, 0.25) is 0 Å². The first-order valence-electron chi connectivity index (χ1n) is 10.6. The predicted octanol–water partition coefficient (Wildman–Crippen LogP) is 3.34. The number of thiazole rings is 1. The molecule has 7 heteroatoms. The molecule has 3 aliphatic rings. The molecular formula is C21H29N5OS. The van der Waals surface area contributed by atoms with E-state index in [0.717, 1.165) is 75.4 Å². The van der Waals surface area contributed by atoms with Crippen LogP contribution in [0.4, 0.5) is 5.82 Å². The van der Waals surface area contributed by atoms with Crippen LogP contribution in [0.25, 0.3) is 0 Å². The van der Waals surface area contributed by atoms with E-state index in [1.54, 1.807) is 11.3 Å². The number of aromatic nitrogens is 3. The number of hydrogen-bond acceptors (Lipinski definition) is 7. The zero-order valence-electron chi connectivity index (χ0n) is 16.6. The Labute approximate surface area is 171 Å². The number of hydrogen-bond donors (Lipinski definition) is 0. The highest BCUT2D eigenvalue weighted by molar-refractivity contribution is 7.09. The van der Waals surface area contributed by atoms with Crippen molar-refractivity contribution in [2.24, 2.45) is 0 Å². The average Bonchev–Trinajstić information content (AvgIpc) is 3.51. The molecular weight excluding hydrogens is 370 g/mol. The maximum atomic E-state index is 5.56. The van der Waals surface area contributed by atoms with E-state index in [1.165, 1.54) is 24.2 Å². The van der Waals surface area contributed by atoms with Gasteiger partial charge in [0.05, 0.1) is 10.7 Å². The van der Waals surface area contributed by atoms with Crippen molar-refractivity contribution in [2.75, 3.05) is 44.3 Å². The number of nitrogens with zero attached hydrogens (tertiary/aromatic N) is 5. The Balaban J connectivity index is 1.28. The van der Waals surface area contributed by atoms with Crippen LogP contribution in [0.15, 0.2) is 11.4 Å². The summed E-state index contributed by atoms with van der Waals surface area (Å²) < 4.78 is 5.56. The molecule has 0 atom stereocenters. The molecule has 5 rings (SSSR count). The highest BCUT2D eigenvalue weighted by Crippen LogP contribution is 2.40. The third-order valence-electron chi connectivity index (χ3n) is 6.08. The third kappa shape index (κ3) is 4.21. The van der Waals surface area contributed by atoms with Crippen molar-refractivity contribution in [3.8, 4) is 0 Å². The van der Waals surface area contributed by atoms with Crippen molar-refractivity contribution in [1.29, 1.82) is 0 Å². The fraction of sp³-hybridized carbons (Fsp3) is 0.667. The molecule has 2 aliphatic heterocycles. The molecule has 0 radical (unpaired) electrons. The van der Waals surface area contributed by atoms with E-state index in [9.17, 15) is 0 Å². The molecule has 0 spiro atoms. The minimum Gasteiger partial charge on any atom is -0.381 e. The van der Waals surface area contributed by atoms with Crippen molar-refractivity contribution >= 4 is 17.2 Å². The molecule has 1 aliphatic carbocycles. The Hall–Kier alpha value is -1.57. The van der Waals surface area contributed by atoms with Gasteiger partial charge >= 0.3 is 0 Å². The molecule has 0 N–H and O–H groups in total. The first-order valence-corrected chi connectivity index (χ1v) is 11.5. The Bertz CT molecular complexity index is 807. The van der Waals surface area contributed by atoms with Crippen LogP contribution >= 0.6 is 11.3 Å². The molecule has 0 aromatic carbocycles. The molecule has 0 bridgehead atoms. The zero-order valence-corrected chi connectivity index (χ0v) is 17.5. The minimum absolute atomic E-state index is 0.530. The lowest BCUT2D eigenvalue weighted by Gasteiger charge is -2.35. The molecule has 0 unspecified atom stereocenters. The van der Waals surface area contributed by atoms with Gasteiger partial charge in [-0.05, 0) is 32.6 Å². The second kappa shape index (κ2) is 8.05. The normalized spacial score (nSPS) is 22.0. The minimum atomic E-state index is 0.530. The predicted molar refractivity (Wildman–Crippen MR) is 111 cm³/mol. The van der Waals surface area contributed by atoms with E-state index in [4.69, 9.17) is 14.7 Å². The second-order valence-electron chi connectivity index (χ2n) is 8.29. The van der Waals surface area contributed by atoms with Gasteiger partial charge in [-0.3, -0.25) is 4.90 Å². The smallest absolute Gasteiger partial charge is 0.134 e. The monoisotopic (exact) mass is 399 g/mol. The molecule has 1 saturated carbocycles. The van der Waals surface area contributed by atoms with Crippen molar-refractivity contribution in [1.82, 2.24) is 19.9 Å². The molecule has 0 amide bonds. The summed E-state index contributed by atoms with van der Waals surface area (Å²) >= 11 is 1.74. The molecule has 2 saturated heterocycles. The van der Waals surface area contributed by atoms with Gasteiger partial charge in [-0.15, -0.1) is 11.3 Å². The lowest BCUT2D eigenvalue weighted by Crippen LogP contribution is -2.46. The van der Waals surface area contributed by atoms with E-state index in [0.29, 0.717) is 11.8 Å². The van der Waals surface area contributed by atoms with Gasteiger partial charge in [0.1, 0.15) is 11.6 Å². The van der Waals surface area contributed by atoms with Crippen LogP contribution in [0.1, 0.15) is 59.7 Å². The summed E-state index contributed by atoms with van der Waals surface area (Å²) in [5.41, 5.74) is 2.45. The lowest BCUT2D eigenvalue weighted by atomic mass is 9.96. The maximum Gasteiger partial charge on any atom is 0.134 e. The summed E-state index contributed by atoms with van der Waals surface area (Å²) in [6.45, 7) is 8.93. The molecule has 150 valence electrons. The zero-order chi connectivity index (χ0) is 18.9. The Kier molecular flexibility index (Phi) is 5.30. The van der Waals surface area contributed by atoms with Crippen molar-refractivity contribution in [2.45, 2.75) is 51.0 Å². The largest absolute Gasteiger partial charge is 0.381 e. The SMILES string of the molecule is Cc1nc(CN2CCN(c3cc(C4CCOCC4)nc(C4CC4)n3)CC2)cs1. The standard InChI is InChI=1S/C21H29N5OS/c1-15-22-18(14-28-15)13-25-6-8-26(9-7-25)20-12-19(16-4-10-27-11-5-16)23-21(24-20)17-2-3-17/h12,14,16-17H,2-11,13H2,1H3. The first kappa shape index (κ1) is 18.5. The highest BCUT2D eigenvalue weighted by Gasteiger charge is 2.30. The van der Waals surface area contributed by atoms with E-state index >= 15 is 0 Å². The summed E-state index contributed by atoms with van der Waals surface area (Å²) in [7, 11) is 0. The molecule has 4 heterocycles. The Morgan fingerprint density at radius 1 is 1.00 bits per heavy atom. The van der Waals surface area contributed by atoms with E-state index < -0.39 is 0 Å². The van der Waals surface area contributed by atoms with Crippen LogP contribution in [0.5, 0.6) is 0 Å². The van der Waals surface area contributed by atoms with Gasteiger partial charge in [0.25, 0.3) is 0 Å². The summed E-state index contributed by atoms with van der Waals surface area (Å²) in [6, 6.07) is 2.27. The number of piperazine rings is 1. The van der Waals surface area contributed by atoms with Gasteiger partial charge < -0.3 is 9.64 Å². The summed E-state index contributed by atoms with van der Waals surface area (Å²) in [5, 5.41) is 3.34. The van der Waals surface area contributed by atoms with Gasteiger partial charge in [0.15, 0.2) is 0 Å². The van der Waals surface area contributed by atoms with Gasteiger partial charge in [-0.2, -0.15) is 0 Å². The van der Waals surface area contributed by atoms with Gasteiger partial charge in [-0.1, -0.05) is 0 Å². The van der Waals surface area contributed by atoms with Crippen LogP contribution in [0.3, 0.4) is 0 Å². The fourth-order valence-corrected chi connectivity index (χ4v) is 4.81. The van der Waals surface area contributed by atoms with Crippen molar-refractivity contribution in [3.05, 3.63) is 33.7 Å². The average molecular weight is 400 g/mol. The second-order valence-corrected chi connectivity index (χ2v) is 9.35. The highest BCUT2D eigenvalue weighted by atomic mass is 32.1. The van der Waals surface area contributed by atoms with Gasteiger partial charge in [0.2, 0.25) is 0 Å². The van der Waals surface area contributed by atoms with Crippen molar-refractivity contribution in [3.63, 3.8) is 0 Å². The Morgan fingerprint density at radius 3 is 2.46 bits per heavy atom. The van der Waals surface area contributed by atoms with Gasteiger partial charge in [0, 0.05) is 74.9 Å². The first-order chi connectivity index (χ1) is 13.7. The quantitative estimate of drug-likeness (QED) is 0.769. The fourth-order valence-electron chi connectivity index (χ4n) is 4.21. The summed E-state index contributed by atoms with van der Waals surface area (Å²) in [6.07, 6.45) is 4.66. The molecule has 2 aromatic heterocycles.